The van der Waals surface area contributed by atoms with Gasteiger partial charge in [0.25, 0.3) is 10.1 Å². The number of hydrogen-bond acceptors (Lipinski definition) is 7. The standard InChI is InChI=1S/C23H27Cl2N3O2.C10H16O4S/c24-19-4-3-5-21(23(19)25)28-13-11-27(12-14-28)10-1-2-15-30-18-8-6-17-7-9-22(29)26-20(17)16-18;1-9(2)7-3-4-10(9,8(11)5-7)6-15(12,13)14/h3-6,8,16H,1-2,7,9-15H2,(H,26,29);7H,3-6H2,1-2H3,(H,12,13,14). The summed E-state index contributed by atoms with van der Waals surface area (Å²) in [5.41, 5.74) is 1.98. The van der Waals surface area contributed by atoms with Crippen LogP contribution in [-0.4, -0.2) is 74.6 Å². The van der Waals surface area contributed by atoms with E-state index in [2.05, 4.69) is 21.2 Å². The highest BCUT2D eigenvalue weighted by atomic mass is 35.5. The smallest absolute Gasteiger partial charge is 0.265 e. The Hall–Kier alpha value is -2.37. The van der Waals surface area contributed by atoms with E-state index in [1.807, 2.05) is 44.2 Å². The van der Waals surface area contributed by atoms with E-state index in [1.165, 1.54) is 5.56 Å². The number of anilines is 2. The van der Waals surface area contributed by atoms with Crippen LogP contribution in [0.15, 0.2) is 36.4 Å². The Morgan fingerprint density at radius 1 is 1.04 bits per heavy atom. The van der Waals surface area contributed by atoms with E-state index >= 15 is 0 Å². The third kappa shape index (κ3) is 7.62. The van der Waals surface area contributed by atoms with Crippen LogP contribution < -0.4 is 15.0 Å². The van der Waals surface area contributed by atoms with Crippen LogP contribution in [0.4, 0.5) is 11.4 Å². The molecule has 2 aromatic carbocycles. The number of nitrogens with one attached hydrogen (secondary N) is 1. The minimum Gasteiger partial charge on any atom is -0.494 e. The quantitative estimate of drug-likeness (QED) is 0.240. The van der Waals surface area contributed by atoms with Crippen molar-refractivity contribution in [3.05, 3.63) is 52.0 Å². The van der Waals surface area contributed by atoms with Gasteiger partial charge in [0, 0.05) is 50.8 Å². The van der Waals surface area contributed by atoms with E-state index in [9.17, 15) is 18.0 Å². The topological polar surface area (TPSA) is 116 Å². The molecule has 9 nitrogen and oxygen atoms in total. The normalized spacial score (nSPS) is 24.1. The summed E-state index contributed by atoms with van der Waals surface area (Å²) in [4.78, 5) is 28.2. The highest BCUT2D eigenvalue weighted by Gasteiger charge is 2.65. The molecule has 45 heavy (non-hydrogen) atoms. The average Bonchev–Trinajstić information content (AvgIpc) is 3.32. The lowest BCUT2D eigenvalue weighted by atomic mass is 9.70. The molecule has 12 heteroatoms. The molecule has 2 unspecified atom stereocenters. The first-order valence-electron chi connectivity index (χ1n) is 15.7. The largest absolute Gasteiger partial charge is 0.494 e. The third-order valence-corrected chi connectivity index (χ3v) is 12.0. The Kier molecular flexibility index (Phi) is 10.4. The van der Waals surface area contributed by atoms with Gasteiger partial charge in [0.15, 0.2) is 0 Å². The molecule has 0 radical (unpaired) electrons. The van der Waals surface area contributed by atoms with Crippen LogP contribution in [0, 0.1) is 16.7 Å². The van der Waals surface area contributed by atoms with Crippen molar-refractivity contribution in [3.63, 3.8) is 0 Å². The Morgan fingerprint density at radius 2 is 1.80 bits per heavy atom. The first-order chi connectivity index (χ1) is 21.3. The van der Waals surface area contributed by atoms with Crippen LogP contribution in [0.1, 0.15) is 57.9 Å². The maximum absolute atomic E-state index is 11.9. The van der Waals surface area contributed by atoms with Gasteiger partial charge in [-0.3, -0.25) is 19.0 Å². The molecule has 1 amide bonds. The number of carbonyl (C=O) groups excluding carboxylic acids is 2. The summed E-state index contributed by atoms with van der Waals surface area (Å²) in [6.45, 7) is 9.60. The number of fused-ring (bicyclic) bond motifs is 3. The van der Waals surface area contributed by atoms with Crippen LogP contribution in [0.5, 0.6) is 5.75 Å². The van der Waals surface area contributed by atoms with E-state index in [-0.39, 0.29) is 23.0 Å². The molecule has 246 valence electrons. The second kappa shape index (κ2) is 13.8. The van der Waals surface area contributed by atoms with E-state index in [0.29, 0.717) is 35.9 Å². The Morgan fingerprint density at radius 3 is 2.47 bits per heavy atom. The first-order valence-corrected chi connectivity index (χ1v) is 18.1. The lowest BCUT2D eigenvalue weighted by Gasteiger charge is -2.36. The van der Waals surface area contributed by atoms with Crippen LogP contribution in [0.25, 0.3) is 0 Å². The second-order valence-electron chi connectivity index (χ2n) is 13.2. The van der Waals surface area contributed by atoms with Crippen LogP contribution in [-0.2, 0) is 26.1 Å². The minimum absolute atomic E-state index is 0.0152. The zero-order valence-corrected chi connectivity index (χ0v) is 28.3. The molecular weight excluding hydrogens is 637 g/mol. The van der Waals surface area contributed by atoms with Crippen molar-refractivity contribution in [1.82, 2.24) is 4.90 Å². The monoisotopic (exact) mass is 679 g/mol. The molecule has 2 heterocycles. The fourth-order valence-electron chi connectivity index (χ4n) is 7.44. The van der Waals surface area contributed by atoms with E-state index in [1.54, 1.807) is 0 Å². The van der Waals surface area contributed by atoms with Gasteiger partial charge in [0.05, 0.1) is 33.5 Å². The molecule has 6 rings (SSSR count). The van der Waals surface area contributed by atoms with Crippen molar-refractivity contribution in [2.45, 2.75) is 58.8 Å². The molecule has 4 aliphatic rings. The second-order valence-corrected chi connectivity index (χ2v) is 15.5. The van der Waals surface area contributed by atoms with Gasteiger partial charge in [-0.15, -0.1) is 0 Å². The number of Topliss-reactive ketones (excluding diaryl/α,β-unsaturated/α-hetero) is 1. The third-order valence-electron chi connectivity index (χ3n) is 10.3. The number of carbonyl (C=O) groups is 2. The van der Waals surface area contributed by atoms with Gasteiger partial charge in [-0.2, -0.15) is 8.42 Å². The van der Waals surface area contributed by atoms with Crippen molar-refractivity contribution >= 4 is 56.4 Å². The molecule has 2 atom stereocenters. The fourth-order valence-corrected chi connectivity index (χ4v) is 9.15. The fraction of sp³-hybridized carbons (Fsp3) is 0.576. The highest BCUT2D eigenvalue weighted by molar-refractivity contribution is 7.85. The number of amides is 1. The maximum atomic E-state index is 11.9. The van der Waals surface area contributed by atoms with Crippen molar-refractivity contribution in [3.8, 4) is 5.75 Å². The average molecular weight is 681 g/mol. The zero-order valence-electron chi connectivity index (χ0n) is 26.0. The van der Waals surface area contributed by atoms with E-state index in [0.717, 1.165) is 75.5 Å². The summed E-state index contributed by atoms with van der Waals surface area (Å²) in [5.74, 6) is 0.802. The summed E-state index contributed by atoms with van der Waals surface area (Å²) in [6.07, 6.45) is 5.44. The SMILES string of the molecule is CC1(C)C2CCC1(CS(=O)(=O)O)C(=O)C2.O=C1CCc2ccc(OCCCCN3CCN(c4cccc(Cl)c4Cl)CC3)cc2N1. The predicted octanol–water partition coefficient (Wildman–Crippen LogP) is 6.13. The molecule has 2 aliphatic carbocycles. The van der Waals surface area contributed by atoms with Gasteiger partial charge in [-0.1, -0.05) is 49.2 Å². The number of halogens is 2. The summed E-state index contributed by atoms with van der Waals surface area (Å²) in [6, 6.07) is 11.8. The zero-order chi connectivity index (χ0) is 32.4. The number of rotatable bonds is 9. The number of ether oxygens (including phenoxy) is 1. The van der Waals surface area contributed by atoms with E-state index < -0.39 is 21.3 Å². The summed E-state index contributed by atoms with van der Waals surface area (Å²) < 4.78 is 36.9. The Labute approximate surface area is 276 Å². The number of unbranched alkanes of at least 4 members (excludes halogenated alkanes) is 1. The maximum Gasteiger partial charge on any atom is 0.265 e. The van der Waals surface area contributed by atoms with Gasteiger partial charge in [0.1, 0.15) is 11.5 Å². The Bertz CT molecular complexity index is 1530. The number of hydrogen-bond donors (Lipinski definition) is 2. The number of nitrogens with zero attached hydrogens (tertiary/aromatic N) is 2. The molecule has 2 aliphatic heterocycles. The van der Waals surface area contributed by atoms with Crippen LogP contribution in [0.2, 0.25) is 10.0 Å². The molecular formula is C33H43Cl2N3O6S. The lowest BCUT2D eigenvalue weighted by molar-refractivity contribution is -0.128. The lowest BCUT2D eigenvalue weighted by Crippen LogP contribution is -2.46. The molecule has 2 bridgehead atoms. The van der Waals surface area contributed by atoms with Gasteiger partial charge in [0.2, 0.25) is 5.91 Å². The van der Waals surface area contributed by atoms with Gasteiger partial charge in [-0.25, -0.2) is 0 Å². The van der Waals surface area contributed by atoms with Crippen molar-refractivity contribution in [2.24, 2.45) is 16.7 Å². The van der Waals surface area contributed by atoms with Crippen molar-refractivity contribution in [1.29, 1.82) is 0 Å². The molecule has 0 spiro atoms. The number of aryl methyl sites for hydroxylation is 1. The molecule has 1 saturated heterocycles. The predicted molar refractivity (Wildman–Crippen MR) is 178 cm³/mol. The van der Waals surface area contributed by atoms with Gasteiger partial charge < -0.3 is 15.0 Å². The highest BCUT2D eigenvalue weighted by Crippen LogP contribution is 2.64. The number of piperazine rings is 1. The first kappa shape index (κ1) is 34.0. The summed E-state index contributed by atoms with van der Waals surface area (Å²) >= 11 is 12.5. The minimum atomic E-state index is -4.08. The molecule has 3 fully saturated rings. The van der Waals surface area contributed by atoms with Crippen molar-refractivity contribution < 1.29 is 27.3 Å². The molecule has 2 N–H and O–H groups in total. The Balaban J connectivity index is 0.000000223. The van der Waals surface area contributed by atoms with Gasteiger partial charge in [-0.05, 0) is 73.7 Å². The molecule has 2 aromatic rings. The van der Waals surface area contributed by atoms with Crippen LogP contribution >= 0.6 is 23.2 Å². The summed E-state index contributed by atoms with van der Waals surface area (Å²) in [5, 5.41) is 4.18. The number of benzene rings is 2. The van der Waals surface area contributed by atoms with Crippen LogP contribution in [0.3, 0.4) is 0 Å². The molecule has 2 saturated carbocycles. The van der Waals surface area contributed by atoms with Crippen molar-refractivity contribution in [2.75, 3.05) is 55.3 Å². The van der Waals surface area contributed by atoms with E-state index in [4.69, 9.17) is 32.5 Å². The van der Waals surface area contributed by atoms with Gasteiger partial charge >= 0.3 is 0 Å². The summed E-state index contributed by atoms with van der Waals surface area (Å²) in [7, 11) is -4.08. The molecule has 0 aromatic heterocycles. The number of ketones is 1.